The molecule has 2 aliphatic heterocycles. The number of carbonyl (C=O) groups is 2. The summed E-state index contributed by atoms with van der Waals surface area (Å²) >= 11 is 6.16. The molecule has 0 bridgehead atoms. The average molecular weight is 407 g/mol. The van der Waals surface area contributed by atoms with Crippen LogP contribution in [0.25, 0.3) is 0 Å². The van der Waals surface area contributed by atoms with Gasteiger partial charge in [0, 0.05) is 32.4 Å². The van der Waals surface area contributed by atoms with Crippen molar-refractivity contribution < 1.29 is 18.0 Å². The van der Waals surface area contributed by atoms with Crippen LogP contribution in [0.3, 0.4) is 0 Å². The van der Waals surface area contributed by atoms with Crippen LogP contribution in [0.4, 0.5) is 5.82 Å². The van der Waals surface area contributed by atoms with Gasteiger partial charge >= 0.3 is 0 Å². The number of fused-ring (bicyclic) bond motifs is 1. The van der Waals surface area contributed by atoms with E-state index in [1.165, 1.54) is 22.5 Å². The fourth-order valence-corrected chi connectivity index (χ4v) is 4.90. The Bertz CT molecular complexity index is 1050. The lowest BCUT2D eigenvalue weighted by Gasteiger charge is -2.35. The molecule has 0 atom stereocenters. The highest BCUT2D eigenvalue weighted by Gasteiger charge is 2.33. The second kappa shape index (κ2) is 6.59. The van der Waals surface area contributed by atoms with Crippen molar-refractivity contribution in [1.29, 1.82) is 0 Å². The van der Waals surface area contributed by atoms with Crippen molar-refractivity contribution in [3.63, 3.8) is 0 Å². The lowest BCUT2D eigenvalue weighted by atomic mass is 10.1. The fourth-order valence-electron chi connectivity index (χ4n) is 3.21. The zero-order valence-electron chi connectivity index (χ0n) is 14.1. The van der Waals surface area contributed by atoms with Gasteiger partial charge in [-0.25, -0.2) is 13.4 Å². The first kappa shape index (κ1) is 17.9. The number of hydrogen-bond acceptors (Lipinski definition) is 6. The van der Waals surface area contributed by atoms with E-state index in [9.17, 15) is 18.0 Å². The Morgan fingerprint density at radius 3 is 2.41 bits per heavy atom. The van der Waals surface area contributed by atoms with E-state index in [0.717, 1.165) is 0 Å². The Morgan fingerprint density at radius 2 is 1.70 bits per heavy atom. The molecule has 10 heteroatoms. The first-order valence-electron chi connectivity index (χ1n) is 8.23. The molecule has 2 amide bonds. The van der Waals surface area contributed by atoms with E-state index in [1.54, 1.807) is 18.3 Å². The number of pyridine rings is 1. The van der Waals surface area contributed by atoms with Crippen molar-refractivity contribution in [2.24, 2.45) is 0 Å². The zero-order chi connectivity index (χ0) is 19.2. The predicted octanol–water partition coefficient (Wildman–Crippen LogP) is 1.13. The summed E-state index contributed by atoms with van der Waals surface area (Å²) in [6, 6.07) is 7.46. The molecule has 27 heavy (non-hydrogen) atoms. The zero-order valence-corrected chi connectivity index (χ0v) is 15.6. The number of nitrogens with one attached hydrogen (secondary N) is 1. The molecule has 0 spiro atoms. The van der Waals surface area contributed by atoms with Crippen LogP contribution in [0, 0.1) is 0 Å². The Hall–Kier alpha value is -2.49. The van der Waals surface area contributed by atoms with Crippen LogP contribution in [0.15, 0.2) is 41.4 Å². The smallest absolute Gasteiger partial charge is 0.258 e. The third-order valence-corrected chi connectivity index (χ3v) is 6.81. The second-order valence-corrected chi connectivity index (χ2v) is 8.54. The average Bonchev–Trinajstić information content (AvgIpc) is 2.96. The molecule has 2 aromatic rings. The molecule has 1 fully saturated rings. The summed E-state index contributed by atoms with van der Waals surface area (Å²) in [5, 5.41) is 2.67. The minimum absolute atomic E-state index is 0.00424. The molecule has 1 aromatic heterocycles. The first-order chi connectivity index (χ1) is 12.9. The molecule has 0 aliphatic carbocycles. The number of piperazine rings is 1. The van der Waals surface area contributed by atoms with E-state index in [4.69, 9.17) is 11.6 Å². The van der Waals surface area contributed by atoms with Crippen LogP contribution < -0.4 is 10.2 Å². The number of anilines is 1. The summed E-state index contributed by atoms with van der Waals surface area (Å²) in [7, 11) is -3.78. The minimum atomic E-state index is -3.78. The van der Waals surface area contributed by atoms with Gasteiger partial charge in [-0.15, -0.1) is 0 Å². The van der Waals surface area contributed by atoms with Crippen molar-refractivity contribution in [2.75, 3.05) is 31.1 Å². The Labute approximate surface area is 160 Å². The van der Waals surface area contributed by atoms with Gasteiger partial charge < -0.3 is 4.90 Å². The fraction of sp³-hybridized carbons (Fsp3) is 0.235. The number of sulfonamides is 1. The Morgan fingerprint density at radius 1 is 1.00 bits per heavy atom. The van der Waals surface area contributed by atoms with Crippen molar-refractivity contribution in [1.82, 2.24) is 14.6 Å². The van der Waals surface area contributed by atoms with Crippen LogP contribution in [-0.4, -0.2) is 55.7 Å². The number of halogens is 1. The van der Waals surface area contributed by atoms with E-state index < -0.39 is 21.8 Å². The van der Waals surface area contributed by atoms with E-state index in [1.807, 2.05) is 4.90 Å². The molecule has 1 saturated heterocycles. The molecule has 3 heterocycles. The highest BCUT2D eigenvalue weighted by molar-refractivity contribution is 7.89. The van der Waals surface area contributed by atoms with Gasteiger partial charge in [-0.3, -0.25) is 14.9 Å². The van der Waals surface area contributed by atoms with Gasteiger partial charge in [0.2, 0.25) is 10.0 Å². The van der Waals surface area contributed by atoms with E-state index >= 15 is 0 Å². The van der Waals surface area contributed by atoms with Crippen LogP contribution in [-0.2, 0) is 10.0 Å². The molecular formula is C17H15ClN4O4S. The van der Waals surface area contributed by atoms with Gasteiger partial charge in [0.25, 0.3) is 11.8 Å². The molecule has 8 nitrogen and oxygen atoms in total. The van der Waals surface area contributed by atoms with Crippen molar-refractivity contribution in [3.8, 4) is 0 Å². The van der Waals surface area contributed by atoms with Gasteiger partial charge in [0.15, 0.2) is 0 Å². The number of hydrogen-bond donors (Lipinski definition) is 1. The standard InChI is InChI=1S/C17H15ClN4O4S/c18-14-2-1-5-19-15(14)21-6-8-22(9-7-21)27(25,26)11-3-4-12-13(10-11)17(24)20-16(12)23/h1-5,10H,6-9H2,(H,20,23,24). The maximum atomic E-state index is 12.9. The molecule has 0 radical (unpaired) electrons. The number of carbonyl (C=O) groups excluding carboxylic acids is 2. The lowest BCUT2D eigenvalue weighted by Crippen LogP contribution is -2.49. The van der Waals surface area contributed by atoms with Gasteiger partial charge in [-0.05, 0) is 30.3 Å². The van der Waals surface area contributed by atoms with E-state index in [-0.39, 0.29) is 29.1 Å². The van der Waals surface area contributed by atoms with Crippen LogP contribution in [0.2, 0.25) is 5.02 Å². The Balaban J connectivity index is 1.55. The molecular weight excluding hydrogens is 392 g/mol. The van der Waals surface area contributed by atoms with Crippen molar-refractivity contribution in [3.05, 3.63) is 52.7 Å². The third kappa shape index (κ3) is 3.07. The van der Waals surface area contributed by atoms with Gasteiger partial charge in [-0.1, -0.05) is 11.6 Å². The highest BCUT2D eigenvalue weighted by atomic mass is 35.5. The highest BCUT2D eigenvalue weighted by Crippen LogP contribution is 2.26. The third-order valence-electron chi connectivity index (χ3n) is 4.62. The number of aromatic nitrogens is 1. The first-order valence-corrected chi connectivity index (χ1v) is 10.0. The van der Waals surface area contributed by atoms with Crippen LogP contribution in [0.1, 0.15) is 20.7 Å². The van der Waals surface area contributed by atoms with Gasteiger partial charge in [-0.2, -0.15) is 4.31 Å². The topological polar surface area (TPSA) is 99.7 Å². The van der Waals surface area contributed by atoms with E-state index in [0.29, 0.717) is 23.9 Å². The molecule has 140 valence electrons. The number of amides is 2. The SMILES string of the molecule is O=C1NC(=O)c2cc(S(=O)(=O)N3CCN(c4ncccc4Cl)CC3)ccc21. The van der Waals surface area contributed by atoms with E-state index in [2.05, 4.69) is 10.3 Å². The molecule has 2 aliphatic rings. The van der Waals surface area contributed by atoms with Crippen LogP contribution >= 0.6 is 11.6 Å². The summed E-state index contributed by atoms with van der Waals surface area (Å²) in [4.78, 5) is 29.6. The number of benzene rings is 1. The summed E-state index contributed by atoms with van der Waals surface area (Å²) in [5.41, 5.74) is 0.272. The number of imide groups is 1. The molecule has 1 N–H and O–H groups in total. The maximum absolute atomic E-state index is 12.9. The van der Waals surface area contributed by atoms with Gasteiger partial charge in [0.05, 0.1) is 21.0 Å². The summed E-state index contributed by atoms with van der Waals surface area (Å²) in [6.45, 7) is 1.41. The largest absolute Gasteiger partial charge is 0.353 e. The normalized spacial score (nSPS) is 17.7. The summed E-state index contributed by atoms with van der Waals surface area (Å²) in [6.07, 6.45) is 1.64. The predicted molar refractivity (Wildman–Crippen MR) is 98.5 cm³/mol. The molecule has 4 rings (SSSR count). The maximum Gasteiger partial charge on any atom is 0.258 e. The van der Waals surface area contributed by atoms with Crippen molar-refractivity contribution in [2.45, 2.75) is 4.90 Å². The molecule has 0 saturated carbocycles. The summed E-state index contributed by atoms with van der Waals surface area (Å²) in [5.74, 6) is -0.467. The summed E-state index contributed by atoms with van der Waals surface area (Å²) < 4.78 is 27.2. The molecule has 1 aromatic carbocycles. The Kier molecular flexibility index (Phi) is 4.37. The quantitative estimate of drug-likeness (QED) is 0.767. The number of rotatable bonds is 3. The monoisotopic (exact) mass is 406 g/mol. The molecule has 0 unspecified atom stereocenters. The van der Waals surface area contributed by atoms with Crippen LogP contribution in [0.5, 0.6) is 0 Å². The minimum Gasteiger partial charge on any atom is -0.353 e. The number of nitrogens with zero attached hydrogens (tertiary/aromatic N) is 3. The lowest BCUT2D eigenvalue weighted by molar-refractivity contribution is 0.0879. The second-order valence-electron chi connectivity index (χ2n) is 6.19. The van der Waals surface area contributed by atoms with Gasteiger partial charge in [0.1, 0.15) is 5.82 Å². The van der Waals surface area contributed by atoms with Crippen molar-refractivity contribution >= 4 is 39.3 Å².